The molecule has 104 valence electrons. The third-order valence-corrected chi connectivity index (χ3v) is 3.92. The van der Waals surface area contributed by atoms with Crippen molar-refractivity contribution in [1.82, 2.24) is 9.97 Å². The molecule has 0 saturated heterocycles. The predicted octanol–water partition coefficient (Wildman–Crippen LogP) is 3.92. The van der Waals surface area contributed by atoms with E-state index in [0.29, 0.717) is 6.61 Å². The average molecular weight is 279 g/mol. The van der Waals surface area contributed by atoms with E-state index >= 15 is 0 Å². The zero-order valence-electron chi connectivity index (χ0n) is 12.0. The minimum Gasteiger partial charge on any atom is -0.372 e. The lowest BCUT2D eigenvalue weighted by atomic mass is 10.2. The van der Waals surface area contributed by atoms with Gasteiger partial charge in [-0.05, 0) is 26.3 Å². The summed E-state index contributed by atoms with van der Waals surface area (Å²) in [4.78, 5) is 11.6. The molecule has 5 heteroatoms. The van der Waals surface area contributed by atoms with Crippen molar-refractivity contribution in [2.24, 2.45) is 0 Å². The van der Waals surface area contributed by atoms with Crippen molar-refractivity contribution in [2.75, 3.05) is 19.0 Å². The second kappa shape index (κ2) is 6.30. The highest BCUT2D eigenvalue weighted by molar-refractivity contribution is 7.18. The molecule has 0 spiro atoms. The van der Waals surface area contributed by atoms with Gasteiger partial charge in [0.1, 0.15) is 16.8 Å². The van der Waals surface area contributed by atoms with Gasteiger partial charge in [-0.3, -0.25) is 0 Å². The number of aryl methyl sites for hydroxylation is 1. The highest BCUT2D eigenvalue weighted by atomic mass is 32.1. The standard InChI is InChI=1S/C14H21N3OS/c1-5-7-11(18-6-2)13-16-12(15-4)10-8-9(3)19-14(10)17-13/h8,11H,5-7H2,1-4H3,(H,15,16,17). The number of ether oxygens (including phenoxy) is 1. The Morgan fingerprint density at radius 1 is 1.37 bits per heavy atom. The Bertz CT molecular complexity index is 547. The lowest BCUT2D eigenvalue weighted by molar-refractivity contribution is 0.0497. The molecule has 0 amide bonds. The van der Waals surface area contributed by atoms with Crippen LogP contribution in [0.4, 0.5) is 5.82 Å². The molecule has 0 fully saturated rings. The normalized spacial score (nSPS) is 12.8. The summed E-state index contributed by atoms with van der Waals surface area (Å²) in [5.41, 5.74) is 0. The Labute approximate surface area is 118 Å². The molecular formula is C14H21N3OS. The van der Waals surface area contributed by atoms with Crippen molar-refractivity contribution in [3.05, 3.63) is 16.8 Å². The minimum absolute atomic E-state index is 0.00564. The molecule has 1 N–H and O–H groups in total. The maximum absolute atomic E-state index is 5.78. The number of hydrogen-bond acceptors (Lipinski definition) is 5. The molecule has 4 nitrogen and oxygen atoms in total. The second-order valence-corrected chi connectivity index (χ2v) is 5.72. The molecule has 2 aromatic rings. The van der Waals surface area contributed by atoms with Gasteiger partial charge in [0.2, 0.25) is 0 Å². The second-order valence-electron chi connectivity index (χ2n) is 4.49. The quantitative estimate of drug-likeness (QED) is 0.870. The van der Waals surface area contributed by atoms with Gasteiger partial charge in [0.05, 0.1) is 5.39 Å². The third kappa shape index (κ3) is 3.04. The number of aromatic nitrogens is 2. The first-order valence-corrected chi connectivity index (χ1v) is 7.58. The van der Waals surface area contributed by atoms with E-state index in [-0.39, 0.29) is 6.10 Å². The fraction of sp³-hybridized carbons (Fsp3) is 0.571. The van der Waals surface area contributed by atoms with Crippen LogP contribution in [0, 0.1) is 6.92 Å². The molecule has 0 aliphatic rings. The van der Waals surface area contributed by atoms with Crippen molar-refractivity contribution >= 4 is 27.4 Å². The molecule has 0 aliphatic heterocycles. The topological polar surface area (TPSA) is 47.0 Å². The Morgan fingerprint density at radius 3 is 2.79 bits per heavy atom. The van der Waals surface area contributed by atoms with Crippen LogP contribution >= 0.6 is 11.3 Å². The van der Waals surface area contributed by atoms with Gasteiger partial charge in [0, 0.05) is 18.5 Å². The van der Waals surface area contributed by atoms with Gasteiger partial charge in [-0.2, -0.15) is 0 Å². The van der Waals surface area contributed by atoms with Crippen molar-refractivity contribution in [3.63, 3.8) is 0 Å². The largest absolute Gasteiger partial charge is 0.372 e. The van der Waals surface area contributed by atoms with Gasteiger partial charge in [-0.15, -0.1) is 11.3 Å². The molecule has 2 heterocycles. The first-order chi connectivity index (χ1) is 9.19. The molecule has 0 saturated carbocycles. The Kier molecular flexibility index (Phi) is 4.71. The maximum Gasteiger partial charge on any atom is 0.161 e. The van der Waals surface area contributed by atoms with E-state index in [9.17, 15) is 0 Å². The number of rotatable bonds is 6. The number of hydrogen-bond donors (Lipinski definition) is 1. The summed E-state index contributed by atoms with van der Waals surface area (Å²) in [7, 11) is 1.90. The maximum atomic E-state index is 5.78. The minimum atomic E-state index is -0.00564. The van der Waals surface area contributed by atoms with E-state index < -0.39 is 0 Å². The summed E-state index contributed by atoms with van der Waals surface area (Å²) in [6.45, 7) is 6.94. The summed E-state index contributed by atoms with van der Waals surface area (Å²) < 4.78 is 5.78. The van der Waals surface area contributed by atoms with E-state index in [0.717, 1.165) is 34.7 Å². The van der Waals surface area contributed by atoms with Crippen molar-refractivity contribution in [1.29, 1.82) is 0 Å². The van der Waals surface area contributed by atoms with Crippen LogP contribution in [-0.4, -0.2) is 23.6 Å². The number of nitrogens with zero attached hydrogens (tertiary/aromatic N) is 2. The lowest BCUT2D eigenvalue weighted by Crippen LogP contribution is -2.10. The first-order valence-electron chi connectivity index (χ1n) is 6.77. The number of anilines is 1. The Hall–Kier alpha value is -1.20. The molecule has 2 rings (SSSR count). The molecule has 0 bridgehead atoms. The summed E-state index contributed by atoms with van der Waals surface area (Å²) in [6, 6.07) is 2.13. The SMILES string of the molecule is CCCC(OCC)c1nc(NC)c2cc(C)sc2n1. The van der Waals surface area contributed by atoms with Gasteiger partial charge in [0.15, 0.2) is 5.82 Å². The molecule has 0 radical (unpaired) electrons. The Balaban J connectivity index is 2.47. The first kappa shape index (κ1) is 14.2. The summed E-state index contributed by atoms with van der Waals surface area (Å²) in [5.74, 6) is 1.69. The van der Waals surface area contributed by atoms with E-state index in [1.165, 1.54) is 4.88 Å². The predicted molar refractivity (Wildman–Crippen MR) is 81.0 cm³/mol. The zero-order valence-corrected chi connectivity index (χ0v) is 12.8. The molecule has 1 unspecified atom stereocenters. The van der Waals surface area contributed by atoms with Crippen molar-refractivity contribution in [3.8, 4) is 0 Å². The van der Waals surface area contributed by atoms with E-state index in [4.69, 9.17) is 4.74 Å². The Morgan fingerprint density at radius 2 is 2.16 bits per heavy atom. The highest BCUT2D eigenvalue weighted by Gasteiger charge is 2.17. The van der Waals surface area contributed by atoms with Gasteiger partial charge >= 0.3 is 0 Å². The molecule has 2 aromatic heterocycles. The molecular weight excluding hydrogens is 258 g/mol. The third-order valence-electron chi connectivity index (χ3n) is 2.98. The van der Waals surface area contributed by atoms with Crippen LogP contribution in [0.25, 0.3) is 10.2 Å². The van der Waals surface area contributed by atoms with Crippen LogP contribution in [0.5, 0.6) is 0 Å². The van der Waals surface area contributed by atoms with Crippen molar-refractivity contribution in [2.45, 2.75) is 39.7 Å². The lowest BCUT2D eigenvalue weighted by Gasteiger charge is -2.15. The fourth-order valence-corrected chi connectivity index (χ4v) is 3.03. The van der Waals surface area contributed by atoms with Gasteiger partial charge in [-0.1, -0.05) is 13.3 Å². The summed E-state index contributed by atoms with van der Waals surface area (Å²) >= 11 is 1.70. The number of thiophene rings is 1. The number of fused-ring (bicyclic) bond motifs is 1. The summed E-state index contributed by atoms with van der Waals surface area (Å²) in [5, 5.41) is 4.26. The smallest absolute Gasteiger partial charge is 0.161 e. The zero-order chi connectivity index (χ0) is 13.8. The van der Waals surface area contributed by atoms with Crippen LogP contribution in [0.1, 0.15) is 43.5 Å². The van der Waals surface area contributed by atoms with Crippen LogP contribution < -0.4 is 5.32 Å². The number of nitrogens with one attached hydrogen (secondary N) is 1. The monoisotopic (exact) mass is 279 g/mol. The van der Waals surface area contributed by atoms with E-state index in [2.05, 4.69) is 35.2 Å². The molecule has 0 aliphatic carbocycles. The van der Waals surface area contributed by atoms with Crippen LogP contribution in [-0.2, 0) is 4.74 Å². The van der Waals surface area contributed by atoms with Gasteiger partial charge < -0.3 is 10.1 Å². The van der Waals surface area contributed by atoms with Crippen LogP contribution in [0.2, 0.25) is 0 Å². The van der Waals surface area contributed by atoms with Crippen molar-refractivity contribution < 1.29 is 4.74 Å². The summed E-state index contributed by atoms with van der Waals surface area (Å²) in [6.07, 6.45) is 2.01. The highest BCUT2D eigenvalue weighted by Crippen LogP contribution is 2.31. The van der Waals surface area contributed by atoms with E-state index in [1.54, 1.807) is 11.3 Å². The fourth-order valence-electron chi connectivity index (χ4n) is 2.14. The van der Waals surface area contributed by atoms with Crippen LogP contribution in [0.15, 0.2) is 6.07 Å². The van der Waals surface area contributed by atoms with E-state index in [1.807, 2.05) is 14.0 Å². The molecule has 1 atom stereocenters. The molecule has 19 heavy (non-hydrogen) atoms. The van der Waals surface area contributed by atoms with Crippen LogP contribution in [0.3, 0.4) is 0 Å². The van der Waals surface area contributed by atoms with Gasteiger partial charge in [0.25, 0.3) is 0 Å². The average Bonchev–Trinajstić information content (AvgIpc) is 2.77. The van der Waals surface area contributed by atoms with Gasteiger partial charge in [-0.25, -0.2) is 9.97 Å². The molecule has 0 aromatic carbocycles.